The molecule has 0 radical (unpaired) electrons. The van der Waals surface area contributed by atoms with Crippen molar-refractivity contribution in [3.63, 3.8) is 0 Å². The topological polar surface area (TPSA) is 138 Å². The molecule has 0 aliphatic carbocycles. The first-order chi connectivity index (χ1) is 14.6. The maximum absolute atomic E-state index is 12.3. The molecule has 0 heterocycles. The minimum Gasteiger partial charge on any atom is -0.478 e. The van der Waals surface area contributed by atoms with E-state index in [0.29, 0.717) is 12.5 Å². The predicted molar refractivity (Wildman–Crippen MR) is 114 cm³/mol. The number of hydrogen-bond acceptors (Lipinski definition) is 5. The summed E-state index contributed by atoms with van der Waals surface area (Å²) in [4.78, 5) is 46.2. The first-order valence-corrected chi connectivity index (χ1v) is 10.7. The fourth-order valence-electron chi connectivity index (χ4n) is 3.26. The van der Waals surface area contributed by atoms with Crippen molar-refractivity contribution in [2.45, 2.75) is 71.6 Å². The molecule has 0 fully saturated rings. The first-order valence-electron chi connectivity index (χ1n) is 10.7. The molecule has 0 atom stereocenters. The zero-order chi connectivity index (χ0) is 23.4. The maximum Gasteiger partial charge on any atom is 0.339 e. The monoisotopic (exact) mass is 436 g/mol. The number of carboxylic acids is 3. The van der Waals surface area contributed by atoms with E-state index in [1.807, 2.05) is 0 Å². The Morgan fingerprint density at radius 3 is 1.52 bits per heavy atom. The van der Waals surface area contributed by atoms with Crippen LogP contribution in [0.15, 0.2) is 12.1 Å². The van der Waals surface area contributed by atoms with Crippen molar-refractivity contribution in [1.82, 2.24) is 0 Å². The lowest BCUT2D eigenvalue weighted by atomic mass is 9.98. The van der Waals surface area contributed by atoms with Crippen LogP contribution in [-0.2, 0) is 4.74 Å². The Kier molecular flexibility index (Phi) is 11.3. The Balaban J connectivity index is 2.50. The fourth-order valence-corrected chi connectivity index (χ4v) is 3.26. The second-order valence-electron chi connectivity index (χ2n) is 8.01. The standard InChI is InChI=1S/C23H32O8/c1-15(2)11-9-7-5-3-4-6-8-10-12-31-23(30)19-14-17(21(26)27)16(20(24)25)13-18(19)22(28)29/h13-15H,3-12H2,1-2H3,(H,24,25)(H,26,27)(H,28,29). The molecule has 0 bridgehead atoms. The Bertz CT molecular complexity index is 782. The highest BCUT2D eigenvalue weighted by atomic mass is 16.5. The van der Waals surface area contributed by atoms with E-state index < -0.39 is 46.1 Å². The summed E-state index contributed by atoms with van der Waals surface area (Å²) in [6, 6.07) is 1.42. The van der Waals surface area contributed by atoms with Gasteiger partial charge in [0.15, 0.2) is 0 Å². The number of esters is 1. The summed E-state index contributed by atoms with van der Waals surface area (Å²) >= 11 is 0. The molecule has 0 aliphatic heterocycles. The number of carbonyl (C=O) groups is 4. The summed E-state index contributed by atoms with van der Waals surface area (Å²) in [6.45, 7) is 4.53. The highest BCUT2D eigenvalue weighted by Gasteiger charge is 2.26. The number of rotatable bonds is 15. The molecule has 0 spiro atoms. The third-order valence-electron chi connectivity index (χ3n) is 4.98. The first kappa shape index (κ1) is 26.1. The van der Waals surface area contributed by atoms with E-state index >= 15 is 0 Å². The van der Waals surface area contributed by atoms with Crippen LogP contribution in [0.2, 0.25) is 0 Å². The summed E-state index contributed by atoms with van der Waals surface area (Å²) < 4.78 is 5.09. The van der Waals surface area contributed by atoms with Gasteiger partial charge in [0.05, 0.1) is 28.9 Å². The van der Waals surface area contributed by atoms with Crippen molar-refractivity contribution in [1.29, 1.82) is 0 Å². The Labute approximate surface area is 182 Å². The third-order valence-corrected chi connectivity index (χ3v) is 4.98. The van der Waals surface area contributed by atoms with Gasteiger partial charge in [-0.05, 0) is 24.5 Å². The van der Waals surface area contributed by atoms with Gasteiger partial charge in [-0.25, -0.2) is 19.2 Å². The molecule has 1 aromatic rings. The molecule has 3 N–H and O–H groups in total. The van der Waals surface area contributed by atoms with Crippen molar-refractivity contribution in [2.24, 2.45) is 5.92 Å². The molecular weight excluding hydrogens is 404 g/mol. The van der Waals surface area contributed by atoms with E-state index in [1.54, 1.807) is 0 Å². The number of hydrogen-bond donors (Lipinski definition) is 3. The van der Waals surface area contributed by atoms with Gasteiger partial charge in [-0.15, -0.1) is 0 Å². The minimum absolute atomic E-state index is 0.0787. The van der Waals surface area contributed by atoms with Crippen molar-refractivity contribution >= 4 is 23.9 Å². The third kappa shape index (κ3) is 9.19. The molecule has 172 valence electrons. The molecule has 1 aromatic carbocycles. The van der Waals surface area contributed by atoms with Gasteiger partial charge in [0.2, 0.25) is 0 Å². The van der Waals surface area contributed by atoms with Gasteiger partial charge in [-0.3, -0.25) is 0 Å². The number of aromatic carboxylic acids is 3. The molecule has 0 saturated carbocycles. The molecular formula is C23H32O8. The van der Waals surface area contributed by atoms with Crippen LogP contribution in [0.1, 0.15) is 113 Å². The number of unbranched alkanes of at least 4 members (excludes halogenated alkanes) is 7. The SMILES string of the molecule is CC(C)CCCCCCCCCCOC(=O)c1cc(C(=O)O)c(C(=O)O)cc1C(=O)O. The average Bonchev–Trinajstić information content (AvgIpc) is 2.70. The van der Waals surface area contributed by atoms with Crippen molar-refractivity contribution in [3.05, 3.63) is 34.4 Å². The van der Waals surface area contributed by atoms with Crippen LogP contribution in [0.25, 0.3) is 0 Å². The van der Waals surface area contributed by atoms with E-state index in [0.717, 1.165) is 31.2 Å². The van der Waals surface area contributed by atoms with E-state index in [-0.39, 0.29) is 6.61 Å². The molecule has 8 heteroatoms. The summed E-state index contributed by atoms with van der Waals surface area (Å²) in [6.07, 6.45) is 9.77. The van der Waals surface area contributed by atoms with E-state index in [1.165, 1.54) is 32.1 Å². The lowest BCUT2D eigenvalue weighted by molar-refractivity contribution is 0.0486. The fraction of sp³-hybridized carbons (Fsp3) is 0.565. The Hall–Kier alpha value is -2.90. The van der Waals surface area contributed by atoms with Crippen LogP contribution in [0.3, 0.4) is 0 Å². The van der Waals surface area contributed by atoms with Gasteiger partial charge in [-0.2, -0.15) is 0 Å². The zero-order valence-corrected chi connectivity index (χ0v) is 18.2. The zero-order valence-electron chi connectivity index (χ0n) is 18.2. The molecule has 31 heavy (non-hydrogen) atoms. The largest absolute Gasteiger partial charge is 0.478 e. The lowest BCUT2D eigenvalue weighted by Crippen LogP contribution is -2.17. The highest BCUT2D eigenvalue weighted by molar-refractivity contribution is 6.09. The van der Waals surface area contributed by atoms with Gasteiger partial charge >= 0.3 is 23.9 Å². The van der Waals surface area contributed by atoms with Crippen LogP contribution in [0.5, 0.6) is 0 Å². The van der Waals surface area contributed by atoms with Crippen LogP contribution in [0, 0.1) is 5.92 Å². The summed E-state index contributed by atoms with van der Waals surface area (Å²) in [5.41, 5.74) is -2.45. The maximum atomic E-state index is 12.3. The van der Waals surface area contributed by atoms with Gasteiger partial charge in [-0.1, -0.05) is 65.2 Å². The van der Waals surface area contributed by atoms with Crippen LogP contribution in [-0.4, -0.2) is 45.8 Å². The average molecular weight is 437 g/mol. The number of ether oxygens (including phenoxy) is 1. The molecule has 0 aromatic heterocycles. The van der Waals surface area contributed by atoms with Crippen molar-refractivity contribution in [3.8, 4) is 0 Å². The Morgan fingerprint density at radius 2 is 1.06 bits per heavy atom. The van der Waals surface area contributed by atoms with Gasteiger partial charge in [0, 0.05) is 0 Å². The highest BCUT2D eigenvalue weighted by Crippen LogP contribution is 2.20. The summed E-state index contributed by atoms with van der Waals surface area (Å²) in [5.74, 6) is -4.95. The second-order valence-corrected chi connectivity index (χ2v) is 8.01. The van der Waals surface area contributed by atoms with Gasteiger partial charge in [0.25, 0.3) is 0 Å². The molecule has 0 aliphatic rings. The van der Waals surface area contributed by atoms with Gasteiger partial charge < -0.3 is 20.1 Å². The smallest absolute Gasteiger partial charge is 0.339 e. The number of carbonyl (C=O) groups excluding carboxylic acids is 1. The van der Waals surface area contributed by atoms with Crippen molar-refractivity contribution in [2.75, 3.05) is 6.61 Å². The van der Waals surface area contributed by atoms with E-state index in [4.69, 9.17) is 9.84 Å². The summed E-state index contributed by atoms with van der Waals surface area (Å²) in [5, 5.41) is 27.6. The predicted octanol–water partition coefficient (Wildman–Crippen LogP) is 5.10. The second kappa shape index (κ2) is 13.4. The molecule has 1 rings (SSSR count). The van der Waals surface area contributed by atoms with Crippen LogP contribution >= 0.6 is 0 Å². The Morgan fingerprint density at radius 1 is 0.677 bits per heavy atom. The van der Waals surface area contributed by atoms with Gasteiger partial charge in [0.1, 0.15) is 0 Å². The number of carboxylic acid groups (broad SMARTS) is 3. The summed E-state index contributed by atoms with van der Waals surface area (Å²) in [7, 11) is 0. The normalized spacial score (nSPS) is 10.8. The molecule has 0 saturated heterocycles. The quantitative estimate of drug-likeness (QED) is 0.255. The van der Waals surface area contributed by atoms with E-state index in [9.17, 15) is 29.4 Å². The van der Waals surface area contributed by atoms with Crippen molar-refractivity contribution < 1.29 is 39.2 Å². The van der Waals surface area contributed by atoms with Crippen LogP contribution < -0.4 is 0 Å². The molecule has 8 nitrogen and oxygen atoms in total. The number of benzene rings is 1. The lowest BCUT2D eigenvalue weighted by Gasteiger charge is -2.10. The molecule has 0 amide bonds. The van der Waals surface area contributed by atoms with Crippen LogP contribution in [0.4, 0.5) is 0 Å². The van der Waals surface area contributed by atoms with E-state index in [2.05, 4.69) is 13.8 Å². The minimum atomic E-state index is -1.60. The molecule has 0 unspecified atom stereocenters.